The molecule has 0 spiro atoms. The molecule has 0 aliphatic carbocycles. The number of H-pyrrole nitrogens is 1. The molecule has 0 amide bonds. The molecule has 0 fully saturated rings. The van der Waals surface area contributed by atoms with Crippen molar-refractivity contribution in [3.05, 3.63) is 11.9 Å². The van der Waals surface area contributed by atoms with Gasteiger partial charge < -0.3 is 5.73 Å². The molecule has 1 aromatic rings. The molecule has 0 aliphatic heterocycles. The predicted molar refractivity (Wildman–Crippen MR) is 37.6 cm³/mol. The lowest BCUT2D eigenvalue weighted by molar-refractivity contribution is 0.935. The predicted octanol–water partition coefficient (Wildman–Crippen LogP) is -0.470. The third-order valence-electron chi connectivity index (χ3n) is 1.01. The average Bonchev–Trinajstić information content (AvgIpc) is 2.38. The summed E-state index contributed by atoms with van der Waals surface area (Å²) in [6, 6.07) is 0. The van der Waals surface area contributed by atoms with Crippen LogP contribution in [0, 0.1) is 0 Å². The minimum atomic E-state index is 0.427. The van der Waals surface area contributed by atoms with Crippen LogP contribution in [0.2, 0.25) is 0 Å². The van der Waals surface area contributed by atoms with E-state index in [9.17, 15) is 0 Å². The maximum atomic E-state index is 5.48. The molecular weight excluding hydrogens is 130 g/mol. The number of aliphatic imine (C=N–C) groups is 1. The second-order valence-electron chi connectivity index (χ2n) is 1.71. The Labute approximate surface area is 58.3 Å². The monoisotopic (exact) mass is 139 g/mol. The van der Waals surface area contributed by atoms with E-state index in [1.807, 2.05) is 6.92 Å². The zero-order valence-electron chi connectivity index (χ0n) is 5.70. The van der Waals surface area contributed by atoms with E-state index in [-0.39, 0.29) is 0 Å². The first-order valence-electron chi connectivity index (χ1n) is 3.00. The van der Waals surface area contributed by atoms with Gasteiger partial charge in [0.2, 0.25) is 0 Å². The molecule has 0 unspecified atom stereocenters. The van der Waals surface area contributed by atoms with E-state index in [2.05, 4.69) is 20.4 Å². The van der Waals surface area contributed by atoms with Crippen LogP contribution in [0.3, 0.4) is 0 Å². The standard InChI is InChI=1S/C5H9N5/c1-2-7-5(6)4-3-8-10-9-4/h3H,2H2,1H3,(H2,6,7)(H,8,9,10). The molecule has 0 saturated heterocycles. The summed E-state index contributed by atoms with van der Waals surface area (Å²) in [5.41, 5.74) is 6.08. The van der Waals surface area contributed by atoms with Crippen molar-refractivity contribution >= 4 is 5.84 Å². The molecule has 1 heterocycles. The first-order chi connectivity index (χ1) is 4.84. The number of nitrogens with zero attached hydrogens (tertiary/aromatic N) is 3. The van der Waals surface area contributed by atoms with Gasteiger partial charge in [-0.15, -0.1) is 0 Å². The van der Waals surface area contributed by atoms with Crippen molar-refractivity contribution in [2.24, 2.45) is 10.7 Å². The Bertz CT molecular complexity index is 212. The van der Waals surface area contributed by atoms with Gasteiger partial charge in [-0.25, -0.2) is 0 Å². The lowest BCUT2D eigenvalue weighted by atomic mass is 10.4. The van der Waals surface area contributed by atoms with E-state index < -0.39 is 0 Å². The minimum Gasteiger partial charge on any atom is -0.382 e. The van der Waals surface area contributed by atoms with Crippen LogP contribution in [0.1, 0.15) is 12.6 Å². The van der Waals surface area contributed by atoms with Gasteiger partial charge in [0.25, 0.3) is 0 Å². The maximum absolute atomic E-state index is 5.48. The van der Waals surface area contributed by atoms with Gasteiger partial charge in [-0.1, -0.05) is 0 Å². The van der Waals surface area contributed by atoms with Gasteiger partial charge in [0.15, 0.2) is 0 Å². The van der Waals surface area contributed by atoms with Crippen molar-refractivity contribution in [3.63, 3.8) is 0 Å². The first-order valence-corrected chi connectivity index (χ1v) is 3.00. The van der Waals surface area contributed by atoms with Crippen LogP contribution in [-0.4, -0.2) is 27.8 Å². The minimum absolute atomic E-state index is 0.427. The van der Waals surface area contributed by atoms with E-state index in [1.165, 1.54) is 6.20 Å². The van der Waals surface area contributed by atoms with Gasteiger partial charge in [0.1, 0.15) is 11.5 Å². The Hall–Kier alpha value is -1.39. The third-order valence-corrected chi connectivity index (χ3v) is 1.01. The van der Waals surface area contributed by atoms with Crippen molar-refractivity contribution in [1.82, 2.24) is 15.4 Å². The van der Waals surface area contributed by atoms with Crippen LogP contribution in [0.5, 0.6) is 0 Å². The number of hydrogen-bond donors (Lipinski definition) is 2. The Morgan fingerprint density at radius 1 is 1.90 bits per heavy atom. The molecule has 1 rings (SSSR count). The first kappa shape index (κ1) is 6.73. The fourth-order valence-electron chi connectivity index (χ4n) is 0.576. The summed E-state index contributed by atoms with van der Waals surface area (Å²) < 4.78 is 0. The van der Waals surface area contributed by atoms with E-state index in [0.717, 1.165) is 0 Å². The molecule has 10 heavy (non-hydrogen) atoms. The lowest BCUT2D eigenvalue weighted by Gasteiger charge is -1.89. The average molecular weight is 139 g/mol. The largest absolute Gasteiger partial charge is 0.382 e. The zero-order valence-corrected chi connectivity index (χ0v) is 5.70. The van der Waals surface area contributed by atoms with Crippen LogP contribution in [0.25, 0.3) is 0 Å². The fourth-order valence-corrected chi connectivity index (χ4v) is 0.576. The smallest absolute Gasteiger partial charge is 0.148 e. The quantitative estimate of drug-likeness (QED) is 0.429. The van der Waals surface area contributed by atoms with Gasteiger partial charge in [-0.3, -0.25) is 4.99 Å². The zero-order chi connectivity index (χ0) is 7.40. The van der Waals surface area contributed by atoms with E-state index in [0.29, 0.717) is 18.1 Å². The molecule has 54 valence electrons. The van der Waals surface area contributed by atoms with E-state index in [4.69, 9.17) is 5.73 Å². The van der Waals surface area contributed by atoms with Gasteiger partial charge in [-0.05, 0) is 6.92 Å². The molecular formula is C5H9N5. The summed E-state index contributed by atoms with van der Waals surface area (Å²) in [7, 11) is 0. The summed E-state index contributed by atoms with van der Waals surface area (Å²) in [6.45, 7) is 2.58. The number of nitrogens with two attached hydrogens (primary N) is 1. The van der Waals surface area contributed by atoms with Crippen molar-refractivity contribution < 1.29 is 0 Å². The molecule has 0 atom stereocenters. The second kappa shape index (κ2) is 2.95. The highest BCUT2D eigenvalue weighted by Crippen LogP contribution is 1.86. The number of aromatic nitrogens is 3. The van der Waals surface area contributed by atoms with Crippen LogP contribution in [0.15, 0.2) is 11.2 Å². The highest BCUT2D eigenvalue weighted by atomic mass is 15.3. The summed E-state index contributed by atoms with van der Waals surface area (Å²) in [5.74, 6) is 0.427. The highest BCUT2D eigenvalue weighted by Gasteiger charge is 1.97. The number of hydrogen-bond acceptors (Lipinski definition) is 3. The summed E-state index contributed by atoms with van der Waals surface area (Å²) in [4.78, 5) is 3.94. The van der Waals surface area contributed by atoms with Crippen LogP contribution >= 0.6 is 0 Å². The third kappa shape index (κ3) is 1.31. The molecule has 3 N–H and O–H groups in total. The van der Waals surface area contributed by atoms with E-state index in [1.54, 1.807) is 0 Å². The van der Waals surface area contributed by atoms with Crippen molar-refractivity contribution in [3.8, 4) is 0 Å². The number of aromatic amines is 1. The number of nitrogens with one attached hydrogen (secondary N) is 1. The molecule has 0 radical (unpaired) electrons. The number of amidine groups is 1. The SMILES string of the molecule is CCN=C(N)c1cn[nH]n1. The van der Waals surface area contributed by atoms with Gasteiger partial charge in [-0.2, -0.15) is 15.4 Å². The van der Waals surface area contributed by atoms with Crippen molar-refractivity contribution in [2.45, 2.75) is 6.92 Å². The highest BCUT2D eigenvalue weighted by molar-refractivity contribution is 5.95. The Balaban J connectivity index is 2.77. The maximum Gasteiger partial charge on any atom is 0.148 e. The second-order valence-corrected chi connectivity index (χ2v) is 1.71. The van der Waals surface area contributed by atoms with Crippen LogP contribution in [0.4, 0.5) is 0 Å². The van der Waals surface area contributed by atoms with Gasteiger partial charge >= 0.3 is 0 Å². The Kier molecular flexibility index (Phi) is 1.99. The lowest BCUT2D eigenvalue weighted by Crippen LogP contribution is -2.14. The van der Waals surface area contributed by atoms with E-state index >= 15 is 0 Å². The van der Waals surface area contributed by atoms with Crippen molar-refractivity contribution in [1.29, 1.82) is 0 Å². The summed E-state index contributed by atoms with van der Waals surface area (Å²) in [6.07, 6.45) is 1.54. The molecule has 5 heteroatoms. The number of rotatable bonds is 2. The summed E-state index contributed by atoms with van der Waals surface area (Å²) >= 11 is 0. The van der Waals surface area contributed by atoms with Gasteiger partial charge in [0.05, 0.1) is 6.20 Å². The Morgan fingerprint density at radius 3 is 3.20 bits per heavy atom. The molecule has 5 nitrogen and oxygen atoms in total. The molecule has 0 bridgehead atoms. The molecule has 0 aromatic carbocycles. The fraction of sp³-hybridized carbons (Fsp3) is 0.400. The summed E-state index contributed by atoms with van der Waals surface area (Å²) in [5, 5.41) is 9.78. The Morgan fingerprint density at radius 2 is 2.70 bits per heavy atom. The van der Waals surface area contributed by atoms with Gasteiger partial charge in [0, 0.05) is 6.54 Å². The van der Waals surface area contributed by atoms with Crippen molar-refractivity contribution in [2.75, 3.05) is 6.54 Å². The molecule has 0 aliphatic rings. The molecule has 1 aromatic heterocycles. The topological polar surface area (TPSA) is 80.0 Å². The normalized spacial score (nSPS) is 11.9. The molecule has 0 saturated carbocycles. The van der Waals surface area contributed by atoms with Crippen LogP contribution < -0.4 is 5.73 Å². The van der Waals surface area contributed by atoms with Crippen LogP contribution in [-0.2, 0) is 0 Å².